The van der Waals surface area contributed by atoms with Gasteiger partial charge in [-0.15, -0.1) is 0 Å². The quantitative estimate of drug-likeness (QED) is 0.428. The van der Waals surface area contributed by atoms with Crippen molar-refractivity contribution in [2.45, 2.75) is 73.3 Å². The molecule has 0 rings (SSSR count). The minimum absolute atomic E-state index is 0. The SMILES string of the molecule is C.C.C.C.C.C.C.C.[CH2-]C.[CH2-]C.[Y]. The molecule has 0 aromatic rings. The molecule has 0 nitrogen and oxygen atoms in total. The summed E-state index contributed by atoms with van der Waals surface area (Å²) in [5.41, 5.74) is 0. The summed E-state index contributed by atoms with van der Waals surface area (Å²) >= 11 is 0. The molecule has 0 heterocycles. The van der Waals surface area contributed by atoms with Crippen LogP contribution in [0.5, 0.6) is 0 Å². The van der Waals surface area contributed by atoms with E-state index in [1.54, 1.807) is 13.8 Å². The normalized spacial score (nSPS) is 0.923. The Labute approximate surface area is 119 Å². The van der Waals surface area contributed by atoms with Gasteiger partial charge in [-0.1, -0.05) is 59.4 Å². The van der Waals surface area contributed by atoms with Gasteiger partial charge in [0.1, 0.15) is 0 Å². The van der Waals surface area contributed by atoms with Crippen LogP contribution in [0.25, 0.3) is 0 Å². The van der Waals surface area contributed by atoms with Gasteiger partial charge in [-0.25, -0.2) is 0 Å². The summed E-state index contributed by atoms with van der Waals surface area (Å²) in [4.78, 5) is 0. The van der Waals surface area contributed by atoms with E-state index in [2.05, 4.69) is 13.8 Å². The molecule has 0 spiro atoms. The predicted octanol–water partition coefficient (Wildman–Crippen LogP) is 6.77. The van der Waals surface area contributed by atoms with Crippen molar-refractivity contribution in [1.29, 1.82) is 0 Å². The largest absolute Gasteiger partial charge is 0.346 e. The third kappa shape index (κ3) is 1330. The van der Waals surface area contributed by atoms with Crippen molar-refractivity contribution in [2.75, 3.05) is 0 Å². The van der Waals surface area contributed by atoms with Crippen molar-refractivity contribution in [1.82, 2.24) is 0 Å². The minimum atomic E-state index is 0. The molecule has 0 aliphatic carbocycles. The first-order chi connectivity index (χ1) is 2.00. The second-order valence-electron chi connectivity index (χ2n) is 0. The van der Waals surface area contributed by atoms with Crippen molar-refractivity contribution >= 4 is 0 Å². The maximum absolute atomic E-state index is 3.25. The van der Waals surface area contributed by atoms with E-state index in [0.29, 0.717) is 0 Å². The molecule has 0 aliphatic rings. The molecule has 0 amide bonds. The van der Waals surface area contributed by atoms with Crippen molar-refractivity contribution in [3.63, 3.8) is 0 Å². The Bertz CT molecular complexity index is 5.09. The summed E-state index contributed by atoms with van der Waals surface area (Å²) in [5, 5.41) is 0. The number of rotatable bonds is 0. The third-order valence-corrected chi connectivity index (χ3v) is 0. The number of hydrogen-bond donors (Lipinski definition) is 0. The first kappa shape index (κ1) is 251. The standard InChI is InChI=1S/2C2H5.8CH4.Y/c2*1-2;;;;;;;;;/h2*1H2,2H3;8*1H4;/q2*-1;;;;;;;;;. The summed E-state index contributed by atoms with van der Waals surface area (Å²) in [5.74, 6) is 0. The van der Waals surface area contributed by atoms with Crippen LogP contribution >= 0.6 is 0 Å². The van der Waals surface area contributed by atoms with Crippen LogP contribution in [0.3, 0.4) is 0 Å². The van der Waals surface area contributed by atoms with Gasteiger partial charge in [-0.2, -0.15) is 13.8 Å². The Morgan fingerprint density at radius 3 is 0.385 bits per heavy atom. The molecular formula is C12H42Y-2. The Kier molecular flexibility index (Phi) is 30500. The maximum atomic E-state index is 3.25. The minimum Gasteiger partial charge on any atom is -0.346 e. The fourth-order valence-corrected chi connectivity index (χ4v) is 0. The summed E-state index contributed by atoms with van der Waals surface area (Å²) in [7, 11) is 0. The van der Waals surface area contributed by atoms with Gasteiger partial charge in [-0.3, -0.25) is 0 Å². The average molecular weight is 275 g/mol. The van der Waals surface area contributed by atoms with Gasteiger partial charge in [0.05, 0.1) is 0 Å². The Morgan fingerprint density at radius 1 is 0.385 bits per heavy atom. The first-order valence-corrected chi connectivity index (χ1v) is 1.41. The topological polar surface area (TPSA) is 0 Å². The monoisotopic (exact) mass is 275 g/mol. The molecule has 0 saturated carbocycles. The van der Waals surface area contributed by atoms with Crippen molar-refractivity contribution in [3.05, 3.63) is 13.8 Å². The average Bonchev–Trinajstić information content (AvgIpc) is 1.50. The van der Waals surface area contributed by atoms with E-state index in [0.717, 1.165) is 0 Å². The molecule has 1 heteroatoms. The van der Waals surface area contributed by atoms with Crippen LogP contribution in [0.4, 0.5) is 0 Å². The molecule has 0 aromatic carbocycles. The molecule has 0 atom stereocenters. The molecule has 0 bridgehead atoms. The molecule has 0 aromatic heterocycles. The van der Waals surface area contributed by atoms with Crippen molar-refractivity contribution in [3.8, 4) is 0 Å². The zero-order chi connectivity index (χ0) is 4.00. The van der Waals surface area contributed by atoms with Gasteiger partial charge in [0.2, 0.25) is 0 Å². The van der Waals surface area contributed by atoms with Crippen LogP contribution in [0.15, 0.2) is 0 Å². The third-order valence-electron chi connectivity index (χ3n) is 0. The van der Waals surface area contributed by atoms with Crippen LogP contribution < -0.4 is 0 Å². The Morgan fingerprint density at radius 2 is 0.385 bits per heavy atom. The van der Waals surface area contributed by atoms with Gasteiger partial charge < -0.3 is 13.8 Å². The molecule has 1 radical (unpaired) electrons. The fraction of sp³-hybridized carbons (Fsp3) is 0.833. The second-order valence-corrected chi connectivity index (χ2v) is 0. The maximum Gasteiger partial charge on any atom is 0 e. The predicted molar refractivity (Wildman–Crippen MR) is 75.9 cm³/mol. The molecule has 0 saturated heterocycles. The summed E-state index contributed by atoms with van der Waals surface area (Å²) in [6, 6.07) is 0. The Balaban J connectivity index is -0.000000000404. The summed E-state index contributed by atoms with van der Waals surface area (Å²) < 4.78 is 0. The first-order valence-electron chi connectivity index (χ1n) is 1.41. The zero-order valence-electron chi connectivity index (χ0n) is 3.99. The van der Waals surface area contributed by atoms with Crippen LogP contribution in [0.2, 0.25) is 0 Å². The van der Waals surface area contributed by atoms with Crippen LogP contribution in [-0.2, 0) is 32.7 Å². The molecule has 0 fully saturated rings. The summed E-state index contributed by atoms with van der Waals surface area (Å²) in [6.07, 6.45) is 0. The van der Waals surface area contributed by atoms with Gasteiger partial charge >= 0.3 is 0 Å². The molecule has 95 valence electrons. The van der Waals surface area contributed by atoms with Crippen molar-refractivity contribution < 1.29 is 32.7 Å². The van der Waals surface area contributed by atoms with Gasteiger partial charge in [0.15, 0.2) is 0 Å². The van der Waals surface area contributed by atoms with Crippen LogP contribution in [0, 0.1) is 13.8 Å². The van der Waals surface area contributed by atoms with E-state index >= 15 is 0 Å². The van der Waals surface area contributed by atoms with Crippen LogP contribution in [0.1, 0.15) is 73.3 Å². The molecule has 0 N–H and O–H groups in total. The smallest absolute Gasteiger partial charge is 0 e. The second kappa shape index (κ2) is 1580. The fourth-order valence-electron chi connectivity index (χ4n) is 0. The van der Waals surface area contributed by atoms with Gasteiger partial charge in [0, 0.05) is 32.7 Å². The van der Waals surface area contributed by atoms with E-state index in [1.807, 2.05) is 0 Å². The molecule has 13 heavy (non-hydrogen) atoms. The Hall–Kier alpha value is 1.10. The van der Waals surface area contributed by atoms with E-state index in [4.69, 9.17) is 0 Å². The molecule has 0 aliphatic heterocycles. The van der Waals surface area contributed by atoms with E-state index in [-0.39, 0.29) is 92.1 Å². The van der Waals surface area contributed by atoms with Crippen molar-refractivity contribution in [2.24, 2.45) is 0 Å². The van der Waals surface area contributed by atoms with Crippen LogP contribution in [-0.4, -0.2) is 0 Å². The van der Waals surface area contributed by atoms with Gasteiger partial charge in [0.25, 0.3) is 0 Å². The number of hydrogen-bond acceptors (Lipinski definition) is 0. The molecular weight excluding hydrogens is 233 g/mol. The molecule has 0 unspecified atom stereocenters. The zero-order valence-corrected chi connectivity index (χ0v) is 6.83. The van der Waals surface area contributed by atoms with E-state index in [1.165, 1.54) is 0 Å². The van der Waals surface area contributed by atoms with Gasteiger partial charge in [-0.05, 0) is 0 Å². The summed E-state index contributed by atoms with van der Waals surface area (Å²) in [6.45, 7) is 10.0. The van der Waals surface area contributed by atoms with E-state index in [9.17, 15) is 0 Å². The van der Waals surface area contributed by atoms with E-state index < -0.39 is 0 Å².